The van der Waals surface area contributed by atoms with Crippen molar-refractivity contribution in [1.29, 1.82) is 0 Å². The molecule has 1 aliphatic heterocycles. The van der Waals surface area contributed by atoms with Gasteiger partial charge in [-0.25, -0.2) is 0 Å². The lowest BCUT2D eigenvalue weighted by atomic mass is 10.1. The van der Waals surface area contributed by atoms with Crippen LogP contribution in [0.1, 0.15) is 10.4 Å². The van der Waals surface area contributed by atoms with E-state index < -0.39 is 5.91 Å². The monoisotopic (exact) mass is 380 g/mol. The van der Waals surface area contributed by atoms with Gasteiger partial charge < -0.3 is 20.1 Å². The van der Waals surface area contributed by atoms with Crippen LogP contribution in [0.5, 0.6) is 11.5 Å². The van der Waals surface area contributed by atoms with Crippen molar-refractivity contribution in [2.24, 2.45) is 0 Å². The number of carbonyl (C=O) groups is 2. The van der Waals surface area contributed by atoms with Gasteiger partial charge in [-0.2, -0.15) is 0 Å². The predicted octanol–water partition coefficient (Wildman–Crippen LogP) is 3.13. The van der Waals surface area contributed by atoms with Crippen LogP contribution in [0.4, 0.5) is 5.69 Å². The molecule has 0 saturated heterocycles. The number of nitrogens with one attached hydrogen (secondary N) is 2. The molecule has 0 bridgehead atoms. The normalized spacial score (nSPS) is 12.4. The SMILES string of the molecule is O=C(CNC(=O)c1cc(Cl)c2c(c1)OCCO2)Nc1ccc(Cl)cc1. The van der Waals surface area contributed by atoms with Crippen LogP contribution in [0.15, 0.2) is 36.4 Å². The van der Waals surface area contributed by atoms with Gasteiger partial charge in [0.1, 0.15) is 13.2 Å². The predicted molar refractivity (Wildman–Crippen MR) is 94.9 cm³/mol. The third-order valence-electron chi connectivity index (χ3n) is 3.40. The van der Waals surface area contributed by atoms with Crippen molar-refractivity contribution in [3.05, 3.63) is 52.0 Å². The van der Waals surface area contributed by atoms with E-state index in [2.05, 4.69) is 10.6 Å². The fourth-order valence-electron chi connectivity index (χ4n) is 2.24. The number of hydrogen-bond donors (Lipinski definition) is 2. The number of benzene rings is 2. The fraction of sp³-hybridized carbons (Fsp3) is 0.176. The molecular weight excluding hydrogens is 367 g/mol. The minimum absolute atomic E-state index is 0.187. The molecule has 0 radical (unpaired) electrons. The second kappa shape index (κ2) is 7.63. The summed E-state index contributed by atoms with van der Waals surface area (Å²) >= 11 is 11.9. The molecule has 1 heterocycles. The van der Waals surface area contributed by atoms with Crippen LogP contribution in [0.25, 0.3) is 0 Å². The third kappa shape index (κ3) is 4.35. The van der Waals surface area contributed by atoms with E-state index in [-0.39, 0.29) is 23.0 Å². The van der Waals surface area contributed by atoms with Crippen LogP contribution in [0.3, 0.4) is 0 Å². The fourth-order valence-corrected chi connectivity index (χ4v) is 2.63. The second-order valence-corrected chi connectivity index (χ2v) is 6.06. The maximum Gasteiger partial charge on any atom is 0.251 e. The number of anilines is 1. The average molecular weight is 381 g/mol. The molecule has 2 N–H and O–H groups in total. The van der Waals surface area contributed by atoms with Gasteiger partial charge in [0.2, 0.25) is 5.91 Å². The van der Waals surface area contributed by atoms with Gasteiger partial charge in [0.05, 0.1) is 11.6 Å². The van der Waals surface area contributed by atoms with Crippen molar-refractivity contribution in [2.45, 2.75) is 0 Å². The Bertz CT molecular complexity index is 809. The average Bonchev–Trinajstić information content (AvgIpc) is 2.61. The summed E-state index contributed by atoms with van der Waals surface area (Å²) in [5, 5.41) is 6.04. The molecule has 0 aromatic heterocycles. The Hall–Kier alpha value is -2.44. The molecule has 8 heteroatoms. The summed E-state index contributed by atoms with van der Waals surface area (Å²) in [6, 6.07) is 9.67. The van der Waals surface area contributed by atoms with Crippen LogP contribution in [-0.4, -0.2) is 31.6 Å². The second-order valence-electron chi connectivity index (χ2n) is 5.22. The standard InChI is InChI=1S/C17H14Cl2N2O4/c18-11-1-3-12(4-2-11)21-15(22)9-20-17(23)10-7-13(19)16-14(8-10)24-5-6-25-16/h1-4,7-8H,5-6,9H2,(H,20,23)(H,21,22). The van der Waals surface area contributed by atoms with E-state index in [1.807, 2.05) is 0 Å². The van der Waals surface area contributed by atoms with Gasteiger partial charge >= 0.3 is 0 Å². The summed E-state index contributed by atoms with van der Waals surface area (Å²) in [6.45, 7) is 0.606. The minimum Gasteiger partial charge on any atom is -0.486 e. The molecule has 130 valence electrons. The molecule has 0 saturated carbocycles. The van der Waals surface area contributed by atoms with Crippen molar-refractivity contribution < 1.29 is 19.1 Å². The molecular formula is C17H14Cl2N2O4. The maximum atomic E-state index is 12.2. The van der Waals surface area contributed by atoms with E-state index >= 15 is 0 Å². The van der Waals surface area contributed by atoms with Gasteiger partial charge in [-0.15, -0.1) is 0 Å². The molecule has 0 spiro atoms. The summed E-state index contributed by atoms with van der Waals surface area (Å²) in [5.74, 6) is 0.0314. The van der Waals surface area contributed by atoms with Gasteiger partial charge in [-0.1, -0.05) is 23.2 Å². The zero-order chi connectivity index (χ0) is 17.8. The lowest BCUT2D eigenvalue weighted by Crippen LogP contribution is -2.33. The highest BCUT2D eigenvalue weighted by Crippen LogP contribution is 2.38. The zero-order valence-electron chi connectivity index (χ0n) is 13.0. The van der Waals surface area contributed by atoms with Crippen molar-refractivity contribution in [1.82, 2.24) is 5.32 Å². The summed E-state index contributed by atoms with van der Waals surface area (Å²) < 4.78 is 10.8. The molecule has 3 rings (SSSR count). The molecule has 0 unspecified atom stereocenters. The Morgan fingerprint density at radius 3 is 2.52 bits per heavy atom. The van der Waals surface area contributed by atoms with Gasteiger partial charge in [-0.3, -0.25) is 9.59 Å². The first-order valence-corrected chi connectivity index (χ1v) is 8.21. The lowest BCUT2D eigenvalue weighted by molar-refractivity contribution is -0.115. The number of halogens is 2. The molecule has 1 aliphatic rings. The van der Waals surface area contributed by atoms with E-state index in [0.717, 1.165) is 0 Å². The molecule has 0 aliphatic carbocycles. The Morgan fingerprint density at radius 2 is 1.76 bits per heavy atom. The zero-order valence-corrected chi connectivity index (χ0v) is 14.5. The topological polar surface area (TPSA) is 76.7 Å². The van der Waals surface area contributed by atoms with Crippen LogP contribution in [0, 0.1) is 0 Å². The largest absolute Gasteiger partial charge is 0.486 e. The Morgan fingerprint density at radius 1 is 1.04 bits per heavy atom. The maximum absolute atomic E-state index is 12.2. The number of amides is 2. The minimum atomic E-state index is -0.440. The number of fused-ring (bicyclic) bond motifs is 1. The first kappa shape index (κ1) is 17.4. The quantitative estimate of drug-likeness (QED) is 0.853. The van der Waals surface area contributed by atoms with E-state index in [0.29, 0.717) is 35.4 Å². The molecule has 0 fully saturated rings. The highest BCUT2D eigenvalue weighted by atomic mass is 35.5. The first-order valence-electron chi connectivity index (χ1n) is 7.45. The van der Waals surface area contributed by atoms with Gasteiger partial charge in [0, 0.05) is 16.3 Å². The molecule has 0 atom stereocenters. The smallest absolute Gasteiger partial charge is 0.251 e. The van der Waals surface area contributed by atoms with E-state index in [4.69, 9.17) is 32.7 Å². The van der Waals surface area contributed by atoms with Crippen LogP contribution < -0.4 is 20.1 Å². The number of ether oxygens (including phenoxy) is 2. The molecule has 2 amide bonds. The highest BCUT2D eigenvalue weighted by molar-refractivity contribution is 6.32. The molecule has 6 nitrogen and oxygen atoms in total. The molecule has 25 heavy (non-hydrogen) atoms. The van der Waals surface area contributed by atoms with Crippen molar-refractivity contribution in [2.75, 3.05) is 25.1 Å². The van der Waals surface area contributed by atoms with Gasteiger partial charge in [0.15, 0.2) is 11.5 Å². The molecule has 2 aromatic carbocycles. The van der Waals surface area contributed by atoms with Gasteiger partial charge in [0.25, 0.3) is 5.91 Å². The Balaban J connectivity index is 1.59. The number of hydrogen-bond acceptors (Lipinski definition) is 4. The summed E-state index contributed by atoms with van der Waals surface area (Å²) in [5.41, 5.74) is 0.875. The number of rotatable bonds is 4. The summed E-state index contributed by atoms with van der Waals surface area (Å²) in [7, 11) is 0. The Labute approximate surface area is 154 Å². The highest BCUT2D eigenvalue weighted by Gasteiger charge is 2.19. The van der Waals surface area contributed by atoms with Crippen molar-refractivity contribution in [3.63, 3.8) is 0 Å². The third-order valence-corrected chi connectivity index (χ3v) is 3.93. The van der Waals surface area contributed by atoms with Crippen LogP contribution in [-0.2, 0) is 4.79 Å². The Kier molecular flexibility index (Phi) is 5.31. The van der Waals surface area contributed by atoms with Gasteiger partial charge in [-0.05, 0) is 36.4 Å². The van der Waals surface area contributed by atoms with E-state index in [9.17, 15) is 9.59 Å². The van der Waals surface area contributed by atoms with E-state index in [1.165, 1.54) is 12.1 Å². The first-order chi connectivity index (χ1) is 12.0. The van der Waals surface area contributed by atoms with Crippen LogP contribution >= 0.6 is 23.2 Å². The van der Waals surface area contributed by atoms with Crippen molar-refractivity contribution >= 4 is 40.7 Å². The van der Waals surface area contributed by atoms with Crippen LogP contribution in [0.2, 0.25) is 10.0 Å². The number of carbonyl (C=O) groups excluding carboxylic acids is 2. The van der Waals surface area contributed by atoms with E-state index in [1.54, 1.807) is 24.3 Å². The molecule has 2 aromatic rings. The summed E-state index contributed by atoms with van der Waals surface area (Å²) in [6.07, 6.45) is 0. The lowest BCUT2D eigenvalue weighted by Gasteiger charge is -2.20. The van der Waals surface area contributed by atoms with Crippen molar-refractivity contribution in [3.8, 4) is 11.5 Å². The summed E-state index contributed by atoms with van der Waals surface area (Å²) in [4.78, 5) is 24.1.